The highest BCUT2D eigenvalue weighted by atomic mass is 16.5. The molecule has 0 radical (unpaired) electrons. The summed E-state index contributed by atoms with van der Waals surface area (Å²) in [6.07, 6.45) is 48.2. The van der Waals surface area contributed by atoms with Crippen LogP contribution >= 0.6 is 0 Å². The molecule has 1 unspecified atom stereocenters. The van der Waals surface area contributed by atoms with Crippen LogP contribution < -0.4 is 0 Å². The maximum absolute atomic E-state index is 10.6. The Balaban J connectivity index is 3.68. The molecule has 1 N–H and O–H groups in total. The van der Waals surface area contributed by atoms with Crippen LogP contribution in [0.25, 0.3) is 0 Å². The van der Waals surface area contributed by atoms with E-state index in [0.717, 1.165) is 38.9 Å². The number of nitrogens with zero attached hydrogens (tertiary/aromatic N) is 1. The predicted octanol–water partition coefficient (Wildman–Crippen LogP) is 12.1. The van der Waals surface area contributed by atoms with Gasteiger partial charge in [-0.25, -0.2) is 0 Å². The number of aliphatic hydroxyl groups excluding tert-OH is 1. The first-order valence-corrected chi connectivity index (χ1v) is 19.7. The number of hydrogen-bond donors (Lipinski definition) is 1. The number of hydrogen-bond acceptors (Lipinski definition) is 4. The minimum atomic E-state index is -0.535. The minimum Gasteiger partial charge on any atom is -0.381 e. The summed E-state index contributed by atoms with van der Waals surface area (Å²) in [5, 5.41) is 10.6. The molecular formula is C42H79NO3. The molecule has 0 heterocycles. The molecule has 0 amide bonds. The summed E-state index contributed by atoms with van der Waals surface area (Å²) in [6.45, 7) is 7.18. The van der Waals surface area contributed by atoms with Crippen LogP contribution in [0.15, 0.2) is 48.6 Å². The van der Waals surface area contributed by atoms with Crippen LogP contribution in [-0.2, 0) is 9.47 Å². The molecule has 0 saturated carbocycles. The van der Waals surface area contributed by atoms with E-state index in [2.05, 4.69) is 62.5 Å². The van der Waals surface area contributed by atoms with Gasteiger partial charge < -0.3 is 14.6 Å². The average Bonchev–Trinajstić information content (AvgIpc) is 3.05. The first-order valence-electron chi connectivity index (χ1n) is 19.7. The highest BCUT2D eigenvalue weighted by Gasteiger charge is 2.21. The topological polar surface area (TPSA) is 41.9 Å². The lowest BCUT2D eigenvalue weighted by Gasteiger charge is -2.27. The van der Waals surface area contributed by atoms with Crippen LogP contribution in [0, 0.1) is 5.92 Å². The Morgan fingerprint density at radius 1 is 0.457 bits per heavy atom. The molecule has 46 heavy (non-hydrogen) atoms. The number of aliphatic hydroxyl groups is 1. The van der Waals surface area contributed by atoms with Gasteiger partial charge in [0.1, 0.15) is 6.23 Å². The molecule has 0 rings (SSSR count). The van der Waals surface area contributed by atoms with Crippen LogP contribution in [0.1, 0.15) is 168 Å². The van der Waals surface area contributed by atoms with Crippen molar-refractivity contribution in [3.05, 3.63) is 48.6 Å². The van der Waals surface area contributed by atoms with E-state index in [1.54, 1.807) is 0 Å². The fraction of sp³-hybridized carbons (Fsp3) is 0.810. The van der Waals surface area contributed by atoms with E-state index in [9.17, 15) is 5.11 Å². The third-order valence-corrected chi connectivity index (χ3v) is 8.59. The Morgan fingerprint density at radius 3 is 1.13 bits per heavy atom. The van der Waals surface area contributed by atoms with E-state index in [0.29, 0.717) is 13.2 Å². The van der Waals surface area contributed by atoms with Gasteiger partial charge in [0.05, 0.1) is 13.2 Å². The highest BCUT2D eigenvalue weighted by Crippen LogP contribution is 2.13. The van der Waals surface area contributed by atoms with E-state index in [1.807, 2.05) is 19.0 Å². The zero-order valence-electron chi connectivity index (χ0n) is 31.3. The molecule has 0 aliphatic rings. The van der Waals surface area contributed by atoms with Gasteiger partial charge in [-0.15, -0.1) is 0 Å². The van der Waals surface area contributed by atoms with E-state index in [4.69, 9.17) is 9.47 Å². The first-order chi connectivity index (χ1) is 22.6. The van der Waals surface area contributed by atoms with Crippen molar-refractivity contribution in [1.82, 2.24) is 4.90 Å². The van der Waals surface area contributed by atoms with Gasteiger partial charge in [0.15, 0.2) is 0 Å². The van der Waals surface area contributed by atoms with Gasteiger partial charge in [-0.1, -0.05) is 140 Å². The zero-order chi connectivity index (χ0) is 33.6. The van der Waals surface area contributed by atoms with E-state index < -0.39 is 6.23 Å². The van der Waals surface area contributed by atoms with Gasteiger partial charge in [0, 0.05) is 19.1 Å². The molecular weight excluding hydrogens is 566 g/mol. The summed E-state index contributed by atoms with van der Waals surface area (Å²) in [6, 6.07) is 0. The fourth-order valence-electron chi connectivity index (χ4n) is 5.50. The summed E-state index contributed by atoms with van der Waals surface area (Å²) in [5.41, 5.74) is 0. The average molecular weight is 646 g/mol. The van der Waals surface area contributed by atoms with Crippen molar-refractivity contribution in [2.75, 3.05) is 40.5 Å². The Kier molecular flexibility index (Phi) is 37.3. The molecule has 0 aromatic heterocycles. The van der Waals surface area contributed by atoms with Crippen LogP contribution in [0.5, 0.6) is 0 Å². The molecule has 0 aliphatic carbocycles. The molecule has 0 fully saturated rings. The summed E-state index contributed by atoms with van der Waals surface area (Å²) in [5.74, 6) is -0.00999. The SMILES string of the molecule is CCCCCC=CCC=CCCCCCCCCOCC(COCCCCCCCCC=CCC=CCCCCC)C(O)N(C)C. The third-order valence-electron chi connectivity index (χ3n) is 8.59. The summed E-state index contributed by atoms with van der Waals surface area (Å²) >= 11 is 0. The number of rotatable bonds is 36. The molecule has 0 saturated heterocycles. The Labute approximate surface area is 288 Å². The molecule has 0 bridgehead atoms. The van der Waals surface area contributed by atoms with Crippen molar-refractivity contribution in [1.29, 1.82) is 0 Å². The van der Waals surface area contributed by atoms with Crippen LogP contribution in [-0.4, -0.2) is 56.8 Å². The van der Waals surface area contributed by atoms with Crippen molar-refractivity contribution in [2.24, 2.45) is 5.92 Å². The third kappa shape index (κ3) is 34.1. The Bertz CT molecular complexity index is 647. The largest absolute Gasteiger partial charge is 0.381 e. The van der Waals surface area contributed by atoms with Crippen molar-refractivity contribution in [3.8, 4) is 0 Å². The van der Waals surface area contributed by atoms with E-state index >= 15 is 0 Å². The molecule has 4 heteroatoms. The summed E-state index contributed by atoms with van der Waals surface area (Å²) < 4.78 is 12.0. The molecule has 0 aromatic rings. The predicted molar refractivity (Wildman–Crippen MR) is 204 cm³/mol. The maximum Gasteiger partial charge on any atom is 0.114 e. The van der Waals surface area contributed by atoms with Crippen LogP contribution in [0.2, 0.25) is 0 Å². The summed E-state index contributed by atoms with van der Waals surface area (Å²) in [4.78, 5) is 1.86. The zero-order valence-corrected chi connectivity index (χ0v) is 31.3. The lowest BCUT2D eigenvalue weighted by molar-refractivity contribution is -0.0752. The second kappa shape index (κ2) is 38.2. The second-order valence-electron chi connectivity index (χ2n) is 13.5. The lowest BCUT2D eigenvalue weighted by Crippen LogP contribution is -2.40. The second-order valence-corrected chi connectivity index (χ2v) is 13.5. The van der Waals surface area contributed by atoms with Crippen molar-refractivity contribution < 1.29 is 14.6 Å². The van der Waals surface area contributed by atoms with E-state index in [-0.39, 0.29) is 5.92 Å². The van der Waals surface area contributed by atoms with Crippen molar-refractivity contribution >= 4 is 0 Å². The van der Waals surface area contributed by atoms with Crippen molar-refractivity contribution in [2.45, 2.75) is 174 Å². The fourth-order valence-corrected chi connectivity index (χ4v) is 5.50. The molecule has 0 aromatic carbocycles. The van der Waals surface area contributed by atoms with Gasteiger partial charge in [0.2, 0.25) is 0 Å². The highest BCUT2D eigenvalue weighted by molar-refractivity contribution is 4.93. The maximum atomic E-state index is 10.6. The molecule has 270 valence electrons. The van der Waals surface area contributed by atoms with Gasteiger partial charge in [-0.2, -0.15) is 0 Å². The summed E-state index contributed by atoms with van der Waals surface area (Å²) in [7, 11) is 3.84. The number of ether oxygens (including phenoxy) is 2. The van der Waals surface area contributed by atoms with Gasteiger partial charge in [-0.3, -0.25) is 4.90 Å². The Hall–Kier alpha value is -1.20. The molecule has 0 aliphatic heterocycles. The van der Waals surface area contributed by atoms with Gasteiger partial charge >= 0.3 is 0 Å². The first kappa shape index (κ1) is 44.8. The van der Waals surface area contributed by atoms with Crippen LogP contribution in [0.4, 0.5) is 0 Å². The van der Waals surface area contributed by atoms with Gasteiger partial charge in [-0.05, 0) is 91.1 Å². The van der Waals surface area contributed by atoms with Crippen molar-refractivity contribution in [3.63, 3.8) is 0 Å². The number of unbranched alkanes of at least 4 members (excludes halogenated alkanes) is 18. The monoisotopic (exact) mass is 646 g/mol. The normalized spacial score (nSPS) is 13.9. The van der Waals surface area contributed by atoms with Crippen LogP contribution in [0.3, 0.4) is 0 Å². The van der Waals surface area contributed by atoms with Gasteiger partial charge in [0.25, 0.3) is 0 Å². The molecule has 1 atom stereocenters. The van der Waals surface area contributed by atoms with E-state index in [1.165, 1.54) is 128 Å². The number of allylic oxidation sites excluding steroid dienone is 8. The Morgan fingerprint density at radius 2 is 0.783 bits per heavy atom. The minimum absolute atomic E-state index is 0.00999. The quantitative estimate of drug-likeness (QED) is 0.0418. The standard InChI is InChI=1S/C42H79NO3/c1-5-7-9-11-13-15-17-19-21-23-25-27-29-31-33-35-37-45-39-41(42(44)43(3)4)40-46-38-36-34-32-30-28-26-24-22-20-18-16-14-12-10-8-6-2/h13-16,19-22,41-42,44H,5-12,17-18,23-40H2,1-4H3. The lowest BCUT2D eigenvalue weighted by atomic mass is 10.1. The molecule has 4 nitrogen and oxygen atoms in total. The smallest absolute Gasteiger partial charge is 0.114 e. The molecule has 0 spiro atoms.